The predicted molar refractivity (Wildman–Crippen MR) is 60.8 cm³/mol. The van der Waals surface area contributed by atoms with E-state index in [4.69, 9.17) is 10.5 Å². The number of hydrogen-bond donors (Lipinski definition) is 1. The summed E-state index contributed by atoms with van der Waals surface area (Å²) >= 11 is 0. The van der Waals surface area contributed by atoms with Gasteiger partial charge in [-0.05, 0) is 13.0 Å². The normalized spacial score (nSPS) is 28.4. The minimum atomic E-state index is -0.871. The molecule has 3 nitrogen and oxygen atoms in total. The van der Waals surface area contributed by atoms with Gasteiger partial charge in [0, 0.05) is 12.0 Å². The third kappa shape index (κ3) is 2.23. The minimum Gasteiger partial charge on any atom is -0.459 e. The maximum atomic E-state index is 13.7. The smallest absolute Gasteiger partial charge is 0.283 e. The topological polar surface area (TPSA) is 47.6 Å². The second-order valence-corrected chi connectivity index (χ2v) is 4.30. The van der Waals surface area contributed by atoms with Crippen LogP contribution in [0.15, 0.2) is 29.3 Å². The van der Waals surface area contributed by atoms with E-state index in [1.807, 2.05) is 0 Å². The first-order valence-electron chi connectivity index (χ1n) is 5.38. The van der Waals surface area contributed by atoms with Gasteiger partial charge in [0.2, 0.25) is 0 Å². The molecule has 0 amide bonds. The van der Waals surface area contributed by atoms with E-state index in [1.165, 1.54) is 6.07 Å². The maximum absolute atomic E-state index is 13.7. The third-order valence-electron chi connectivity index (χ3n) is 2.90. The highest BCUT2D eigenvalue weighted by atomic mass is 19.1. The molecule has 0 saturated heterocycles. The highest BCUT2D eigenvalue weighted by Gasteiger charge is 2.37. The fourth-order valence-electron chi connectivity index (χ4n) is 2.13. The van der Waals surface area contributed by atoms with E-state index in [2.05, 4.69) is 4.99 Å². The molecule has 2 rings (SSSR count). The van der Waals surface area contributed by atoms with Crippen LogP contribution in [0.1, 0.15) is 18.9 Å². The van der Waals surface area contributed by atoms with Gasteiger partial charge in [-0.25, -0.2) is 13.8 Å². The number of benzene rings is 1. The molecule has 2 atom stereocenters. The Morgan fingerprint density at radius 3 is 2.88 bits per heavy atom. The molecule has 0 aromatic heterocycles. The Hall–Kier alpha value is -1.65. The average Bonchev–Trinajstić information content (AvgIpc) is 2.28. The van der Waals surface area contributed by atoms with Crippen molar-refractivity contribution in [1.82, 2.24) is 0 Å². The number of alkyl halides is 1. The minimum absolute atomic E-state index is 0.0929. The Morgan fingerprint density at radius 1 is 1.53 bits per heavy atom. The number of hydrogen-bond acceptors (Lipinski definition) is 3. The van der Waals surface area contributed by atoms with E-state index in [-0.39, 0.29) is 18.3 Å². The van der Waals surface area contributed by atoms with Crippen LogP contribution in [0.3, 0.4) is 0 Å². The summed E-state index contributed by atoms with van der Waals surface area (Å²) in [6.45, 7) is 1.06. The summed E-state index contributed by atoms with van der Waals surface area (Å²) < 4.78 is 31.4. The van der Waals surface area contributed by atoms with Crippen LogP contribution in [0.4, 0.5) is 8.78 Å². The molecule has 1 aliphatic heterocycles. The van der Waals surface area contributed by atoms with Gasteiger partial charge in [-0.15, -0.1) is 0 Å². The van der Waals surface area contributed by atoms with Gasteiger partial charge in [0.25, 0.3) is 6.02 Å². The lowest BCUT2D eigenvalue weighted by Gasteiger charge is -2.34. The molecule has 0 aliphatic carbocycles. The van der Waals surface area contributed by atoms with Gasteiger partial charge < -0.3 is 10.5 Å². The molecule has 0 saturated carbocycles. The van der Waals surface area contributed by atoms with Gasteiger partial charge in [0.1, 0.15) is 18.6 Å². The van der Waals surface area contributed by atoms with Crippen molar-refractivity contribution in [2.24, 2.45) is 10.7 Å². The average molecular weight is 240 g/mol. The van der Waals surface area contributed by atoms with Gasteiger partial charge in [-0.1, -0.05) is 18.2 Å². The molecule has 0 fully saturated rings. The summed E-state index contributed by atoms with van der Waals surface area (Å²) in [6.07, 6.45) is -0.400. The number of ether oxygens (including phenoxy) is 1. The van der Waals surface area contributed by atoms with Gasteiger partial charge in [0.15, 0.2) is 0 Å². The summed E-state index contributed by atoms with van der Waals surface area (Å²) in [6, 6.07) is 6.21. The Labute approximate surface area is 98.3 Å². The lowest BCUT2D eigenvalue weighted by atomic mass is 9.86. The summed E-state index contributed by atoms with van der Waals surface area (Å²) in [5.41, 5.74) is 5.04. The van der Waals surface area contributed by atoms with E-state index in [0.717, 1.165) is 0 Å². The van der Waals surface area contributed by atoms with Crippen molar-refractivity contribution < 1.29 is 13.5 Å². The molecule has 0 bridgehead atoms. The molecule has 0 unspecified atom stereocenters. The molecule has 92 valence electrons. The molecule has 1 aromatic carbocycles. The number of amidine groups is 1. The van der Waals surface area contributed by atoms with Crippen molar-refractivity contribution >= 4 is 6.02 Å². The van der Waals surface area contributed by atoms with Crippen LogP contribution in [0.2, 0.25) is 0 Å². The molecule has 0 spiro atoms. The van der Waals surface area contributed by atoms with E-state index in [9.17, 15) is 8.78 Å². The van der Waals surface area contributed by atoms with Crippen molar-refractivity contribution in [3.63, 3.8) is 0 Å². The Bertz CT molecular complexity index is 450. The zero-order valence-corrected chi connectivity index (χ0v) is 9.49. The van der Waals surface area contributed by atoms with E-state index < -0.39 is 18.3 Å². The SMILES string of the molecule is C[C@@]1(c2ccccc2F)C[C@@H](CF)OC(N)=N1. The highest BCUT2D eigenvalue weighted by molar-refractivity contribution is 5.73. The van der Waals surface area contributed by atoms with Crippen LogP contribution in [-0.4, -0.2) is 18.8 Å². The first-order chi connectivity index (χ1) is 8.05. The zero-order chi connectivity index (χ0) is 12.5. The number of nitrogens with zero attached hydrogens (tertiary/aromatic N) is 1. The molecule has 1 aliphatic rings. The van der Waals surface area contributed by atoms with E-state index in [1.54, 1.807) is 25.1 Å². The lowest BCUT2D eigenvalue weighted by molar-refractivity contribution is 0.0934. The molecule has 1 aromatic rings. The van der Waals surface area contributed by atoms with Crippen molar-refractivity contribution in [2.75, 3.05) is 6.67 Å². The first kappa shape index (κ1) is 11.8. The van der Waals surface area contributed by atoms with Crippen LogP contribution in [0.25, 0.3) is 0 Å². The third-order valence-corrected chi connectivity index (χ3v) is 2.90. The second-order valence-electron chi connectivity index (χ2n) is 4.30. The molecular weight excluding hydrogens is 226 g/mol. The number of aliphatic imine (C=N–C) groups is 1. The van der Waals surface area contributed by atoms with Crippen LogP contribution < -0.4 is 5.73 Å². The number of rotatable bonds is 2. The Morgan fingerprint density at radius 2 is 2.24 bits per heavy atom. The van der Waals surface area contributed by atoms with Crippen molar-refractivity contribution in [1.29, 1.82) is 0 Å². The Balaban J connectivity index is 2.42. The second kappa shape index (κ2) is 4.31. The van der Waals surface area contributed by atoms with Crippen molar-refractivity contribution in [3.05, 3.63) is 35.6 Å². The van der Waals surface area contributed by atoms with Gasteiger partial charge in [-0.3, -0.25) is 0 Å². The summed E-state index contributed by atoms with van der Waals surface area (Å²) in [4.78, 5) is 4.11. The molecule has 17 heavy (non-hydrogen) atoms. The van der Waals surface area contributed by atoms with Gasteiger partial charge in [-0.2, -0.15) is 0 Å². The first-order valence-corrected chi connectivity index (χ1v) is 5.38. The van der Waals surface area contributed by atoms with Crippen LogP contribution >= 0.6 is 0 Å². The van der Waals surface area contributed by atoms with Crippen LogP contribution in [0.5, 0.6) is 0 Å². The van der Waals surface area contributed by atoms with Crippen molar-refractivity contribution in [3.8, 4) is 0 Å². The highest BCUT2D eigenvalue weighted by Crippen LogP contribution is 2.35. The summed E-state index contributed by atoms with van der Waals surface area (Å²) in [7, 11) is 0. The molecule has 5 heteroatoms. The Kier molecular flexibility index (Phi) is 3.00. The van der Waals surface area contributed by atoms with Gasteiger partial charge >= 0.3 is 0 Å². The largest absolute Gasteiger partial charge is 0.459 e. The molecule has 1 heterocycles. The van der Waals surface area contributed by atoms with Gasteiger partial charge in [0.05, 0.1) is 5.54 Å². The summed E-state index contributed by atoms with van der Waals surface area (Å²) in [5.74, 6) is -0.369. The zero-order valence-electron chi connectivity index (χ0n) is 9.49. The lowest BCUT2D eigenvalue weighted by Crippen LogP contribution is -2.40. The maximum Gasteiger partial charge on any atom is 0.283 e. The molecule has 2 N–H and O–H groups in total. The molecule has 0 radical (unpaired) electrons. The number of halogens is 2. The summed E-state index contributed by atoms with van der Waals surface area (Å²) in [5, 5.41) is 0. The van der Waals surface area contributed by atoms with E-state index in [0.29, 0.717) is 5.56 Å². The van der Waals surface area contributed by atoms with Crippen LogP contribution in [0, 0.1) is 5.82 Å². The number of nitrogens with two attached hydrogens (primary N) is 1. The fourth-order valence-corrected chi connectivity index (χ4v) is 2.13. The monoisotopic (exact) mass is 240 g/mol. The standard InChI is InChI=1S/C12H14F2N2O/c1-12(9-4-2-3-5-10(9)14)6-8(7-13)17-11(15)16-12/h2-5,8H,6-7H2,1H3,(H2,15,16)/t8-,12-/m0/s1. The van der Waals surface area contributed by atoms with Crippen LogP contribution in [-0.2, 0) is 10.3 Å². The molecular formula is C12H14F2N2O. The predicted octanol–water partition coefficient (Wildman–Crippen LogP) is 2.11. The van der Waals surface area contributed by atoms with E-state index >= 15 is 0 Å². The quantitative estimate of drug-likeness (QED) is 0.860. The van der Waals surface area contributed by atoms with Crippen molar-refractivity contribution in [2.45, 2.75) is 25.0 Å². The fraction of sp³-hybridized carbons (Fsp3) is 0.417.